The number of hydrogen-bond acceptors (Lipinski definition) is 6. The molecule has 0 fully saturated rings. The summed E-state index contributed by atoms with van der Waals surface area (Å²) in [4.78, 5) is 58.9. The fourth-order valence-corrected chi connectivity index (χ4v) is 6.36. The number of esters is 1. The van der Waals surface area contributed by atoms with Gasteiger partial charge in [0.15, 0.2) is 0 Å². The van der Waals surface area contributed by atoms with E-state index in [2.05, 4.69) is 25.3 Å². The van der Waals surface area contributed by atoms with Crippen LogP contribution in [0.1, 0.15) is 56.2 Å². The second-order valence-corrected chi connectivity index (χ2v) is 13.7. The number of carbonyl (C=O) groups excluding carboxylic acids is 4. The van der Waals surface area contributed by atoms with Crippen molar-refractivity contribution in [3.8, 4) is 11.1 Å². The van der Waals surface area contributed by atoms with Crippen LogP contribution in [0.4, 0.5) is 9.18 Å². The average Bonchev–Trinajstić information content (AvgIpc) is 3.41. The summed E-state index contributed by atoms with van der Waals surface area (Å²) in [6.45, 7) is 12.5. The Bertz CT molecular complexity index is 1690. The first-order valence-electron chi connectivity index (χ1n) is 17.1. The van der Waals surface area contributed by atoms with Gasteiger partial charge in [0.1, 0.15) is 36.7 Å². The lowest BCUT2D eigenvalue weighted by Crippen LogP contribution is -2.57. The summed E-state index contributed by atoms with van der Waals surface area (Å²) in [7, 11) is 2.96. The van der Waals surface area contributed by atoms with Crippen molar-refractivity contribution in [2.45, 2.75) is 63.6 Å². The van der Waals surface area contributed by atoms with Gasteiger partial charge in [0.25, 0.3) is 0 Å². The number of allylic oxidation sites excluding steroid dienone is 1. The molecule has 10 heteroatoms. The first-order chi connectivity index (χ1) is 24.2. The van der Waals surface area contributed by atoms with Gasteiger partial charge in [0, 0.05) is 33.0 Å². The Morgan fingerprint density at radius 1 is 0.843 bits per heavy atom. The monoisotopic (exact) mass is 697 g/mol. The zero-order valence-corrected chi connectivity index (χ0v) is 30.1. The van der Waals surface area contributed by atoms with Crippen LogP contribution in [0.15, 0.2) is 98.1 Å². The molecule has 0 spiro atoms. The third-order valence-corrected chi connectivity index (χ3v) is 8.80. The number of amides is 3. The van der Waals surface area contributed by atoms with Crippen LogP contribution in [0.5, 0.6) is 0 Å². The smallest absolute Gasteiger partial charge is 0.410 e. The quantitative estimate of drug-likeness (QED) is 0.129. The van der Waals surface area contributed by atoms with Crippen molar-refractivity contribution in [2.75, 3.05) is 33.8 Å². The molecular weight excluding hydrogens is 649 g/mol. The Morgan fingerprint density at radius 3 is 1.98 bits per heavy atom. The van der Waals surface area contributed by atoms with Gasteiger partial charge in [-0.05, 0) is 73.6 Å². The van der Waals surface area contributed by atoms with Crippen LogP contribution in [-0.4, -0.2) is 90.1 Å². The summed E-state index contributed by atoms with van der Waals surface area (Å²) in [5.41, 5.74) is 4.13. The molecule has 0 heterocycles. The topological polar surface area (TPSA) is 96.5 Å². The second-order valence-electron chi connectivity index (χ2n) is 13.7. The average molecular weight is 698 g/mol. The van der Waals surface area contributed by atoms with Crippen LogP contribution in [0.2, 0.25) is 0 Å². The zero-order valence-electron chi connectivity index (χ0n) is 30.1. The van der Waals surface area contributed by atoms with Gasteiger partial charge < -0.3 is 19.3 Å². The lowest BCUT2D eigenvalue weighted by molar-refractivity contribution is -0.159. The van der Waals surface area contributed by atoms with Gasteiger partial charge in [0.2, 0.25) is 11.8 Å². The van der Waals surface area contributed by atoms with Crippen molar-refractivity contribution >= 4 is 23.9 Å². The molecular formula is C41H48FN3O6. The number of hydrogen-bond donors (Lipinski definition) is 0. The minimum absolute atomic E-state index is 0.0141. The molecule has 9 nitrogen and oxygen atoms in total. The van der Waals surface area contributed by atoms with Gasteiger partial charge >= 0.3 is 12.1 Å². The van der Waals surface area contributed by atoms with E-state index in [9.17, 15) is 23.6 Å². The largest absolute Gasteiger partial charge is 0.459 e. The maximum absolute atomic E-state index is 14.6. The molecule has 0 aromatic heterocycles. The first-order valence-corrected chi connectivity index (χ1v) is 17.1. The molecule has 3 amide bonds. The molecule has 0 saturated heterocycles. The van der Waals surface area contributed by atoms with Crippen molar-refractivity contribution in [2.24, 2.45) is 0 Å². The molecule has 4 rings (SSSR count). The van der Waals surface area contributed by atoms with Crippen LogP contribution in [-0.2, 0) is 30.3 Å². The Hall–Kier alpha value is -5.25. The van der Waals surface area contributed by atoms with E-state index in [0.717, 1.165) is 22.3 Å². The number of halogens is 1. The summed E-state index contributed by atoms with van der Waals surface area (Å²) < 4.78 is 25.2. The number of rotatable bonds is 15. The van der Waals surface area contributed by atoms with Gasteiger partial charge in [0.05, 0.1) is 0 Å². The molecule has 3 aromatic carbocycles. The van der Waals surface area contributed by atoms with E-state index >= 15 is 0 Å². The summed E-state index contributed by atoms with van der Waals surface area (Å²) in [6.07, 6.45) is 3.08. The molecule has 1 aliphatic carbocycles. The predicted octanol–water partition coefficient (Wildman–Crippen LogP) is 6.77. The van der Waals surface area contributed by atoms with E-state index in [1.165, 1.54) is 59.1 Å². The zero-order chi connectivity index (χ0) is 37.3. The van der Waals surface area contributed by atoms with E-state index in [1.54, 1.807) is 26.8 Å². The molecule has 51 heavy (non-hydrogen) atoms. The molecule has 0 bridgehead atoms. The van der Waals surface area contributed by atoms with Gasteiger partial charge in [-0.1, -0.05) is 72.8 Å². The minimum atomic E-state index is -1.13. The molecule has 0 radical (unpaired) electrons. The summed E-state index contributed by atoms with van der Waals surface area (Å²) in [5, 5.41) is 0. The van der Waals surface area contributed by atoms with Crippen molar-refractivity contribution in [3.63, 3.8) is 0 Å². The van der Waals surface area contributed by atoms with E-state index in [1.807, 2.05) is 36.4 Å². The molecule has 3 aromatic rings. The summed E-state index contributed by atoms with van der Waals surface area (Å²) >= 11 is 0. The van der Waals surface area contributed by atoms with Gasteiger partial charge in [-0.3, -0.25) is 19.3 Å². The first kappa shape index (κ1) is 38.6. The van der Waals surface area contributed by atoms with Crippen molar-refractivity contribution in [1.29, 1.82) is 0 Å². The van der Waals surface area contributed by atoms with Crippen LogP contribution in [0.3, 0.4) is 0 Å². The van der Waals surface area contributed by atoms with E-state index < -0.39 is 47.4 Å². The standard InChI is InChI=1S/C41H48FN3O6/c1-8-10-19-35(44(7)40(49)50-27-34-32-17-13-11-15-30(32)31-16-12-14-18-33(31)34)39(48)45(24-9-2)36(25-28-20-22-29(42)23-21-28)38(47)43(6)26-37(46)51-41(3,4)5/h8-9,11-18,20-23,34-36H,1-2,10,19,24-27H2,3-7H3/t35-,36-/m0/s1. The highest BCUT2D eigenvalue weighted by molar-refractivity contribution is 5.93. The molecule has 1 aliphatic rings. The molecule has 0 saturated carbocycles. The van der Waals surface area contributed by atoms with E-state index in [-0.39, 0.29) is 38.5 Å². The van der Waals surface area contributed by atoms with Crippen LogP contribution in [0.25, 0.3) is 11.1 Å². The highest BCUT2D eigenvalue weighted by Gasteiger charge is 2.39. The lowest BCUT2D eigenvalue weighted by Gasteiger charge is -2.37. The number of likely N-dealkylation sites (N-methyl/N-ethyl adjacent to an activating group) is 2. The summed E-state index contributed by atoms with van der Waals surface area (Å²) in [5.74, 6) is -2.28. The van der Waals surface area contributed by atoms with Gasteiger partial charge in [-0.2, -0.15) is 0 Å². The van der Waals surface area contributed by atoms with Gasteiger partial charge in [-0.25, -0.2) is 9.18 Å². The maximum atomic E-state index is 14.6. The Balaban J connectivity index is 1.60. The second kappa shape index (κ2) is 17.1. The van der Waals surface area contributed by atoms with Crippen molar-refractivity contribution in [3.05, 3.63) is 121 Å². The molecule has 0 N–H and O–H groups in total. The lowest BCUT2D eigenvalue weighted by atomic mass is 9.98. The van der Waals surface area contributed by atoms with Gasteiger partial charge in [-0.15, -0.1) is 13.2 Å². The Morgan fingerprint density at radius 2 is 1.43 bits per heavy atom. The van der Waals surface area contributed by atoms with E-state index in [0.29, 0.717) is 12.0 Å². The number of ether oxygens (including phenoxy) is 2. The predicted molar refractivity (Wildman–Crippen MR) is 195 cm³/mol. The molecule has 270 valence electrons. The molecule has 0 unspecified atom stereocenters. The highest BCUT2D eigenvalue weighted by atomic mass is 19.1. The number of carbonyl (C=O) groups is 4. The third-order valence-electron chi connectivity index (χ3n) is 8.80. The molecule has 0 aliphatic heterocycles. The minimum Gasteiger partial charge on any atom is -0.459 e. The third kappa shape index (κ3) is 9.72. The number of nitrogens with zero attached hydrogens (tertiary/aromatic N) is 3. The van der Waals surface area contributed by atoms with Crippen LogP contribution >= 0.6 is 0 Å². The van der Waals surface area contributed by atoms with Crippen LogP contribution in [0, 0.1) is 5.82 Å². The SMILES string of the molecule is C=CCC[C@@H](C(=O)N(CC=C)[C@@H](Cc1ccc(F)cc1)C(=O)N(C)CC(=O)OC(C)(C)C)N(C)C(=O)OCC1c2ccccc2-c2ccccc21. The Kier molecular flexibility index (Phi) is 12.9. The van der Waals surface area contributed by atoms with E-state index in [4.69, 9.17) is 9.47 Å². The Labute approximate surface area is 300 Å². The summed E-state index contributed by atoms with van der Waals surface area (Å²) in [6, 6.07) is 19.5. The fourth-order valence-electron chi connectivity index (χ4n) is 6.36. The number of benzene rings is 3. The fraction of sp³-hybridized carbons (Fsp3) is 0.366. The number of fused-ring (bicyclic) bond motifs is 3. The normalized spacial score (nSPS) is 13.2. The molecule has 2 atom stereocenters. The van der Waals surface area contributed by atoms with Crippen molar-refractivity contribution < 1.29 is 33.0 Å². The van der Waals surface area contributed by atoms with Crippen LogP contribution < -0.4 is 0 Å². The maximum Gasteiger partial charge on any atom is 0.410 e. The van der Waals surface area contributed by atoms with Crippen molar-refractivity contribution in [1.82, 2.24) is 14.7 Å². The highest BCUT2D eigenvalue weighted by Crippen LogP contribution is 2.44.